The van der Waals surface area contributed by atoms with E-state index in [4.69, 9.17) is 9.47 Å². The molecule has 18 heavy (non-hydrogen) atoms. The van der Waals surface area contributed by atoms with E-state index in [9.17, 15) is 0 Å². The summed E-state index contributed by atoms with van der Waals surface area (Å²) in [6.07, 6.45) is 3.06. The number of ether oxygens (including phenoxy) is 2. The topological polar surface area (TPSA) is 21.7 Å². The Hall–Kier alpha value is -0.420. The molecule has 0 saturated carbocycles. The van der Waals surface area contributed by atoms with Gasteiger partial charge in [0.05, 0.1) is 13.2 Å². The summed E-state index contributed by atoms with van der Waals surface area (Å²) in [5, 5.41) is 0. The first kappa shape index (κ1) is 12.6. The molecule has 2 aliphatic heterocycles. The monoisotopic (exact) mass is 267 g/mol. The number of rotatable bonds is 2. The summed E-state index contributed by atoms with van der Waals surface area (Å²) in [7, 11) is 0. The van der Waals surface area contributed by atoms with Crippen LogP contribution in [0.2, 0.25) is 0 Å². The highest BCUT2D eigenvalue weighted by molar-refractivity contribution is 7.11. The lowest BCUT2D eigenvalue weighted by molar-refractivity contribution is -0.284. The average Bonchev–Trinajstić information content (AvgIpc) is 2.79. The van der Waals surface area contributed by atoms with Gasteiger partial charge in [-0.1, -0.05) is 0 Å². The Morgan fingerprint density at radius 1 is 1.22 bits per heavy atom. The van der Waals surface area contributed by atoms with Crippen molar-refractivity contribution in [3.8, 4) is 0 Å². The van der Waals surface area contributed by atoms with Gasteiger partial charge in [-0.15, -0.1) is 11.3 Å². The second kappa shape index (κ2) is 5.29. The Kier molecular flexibility index (Phi) is 3.71. The normalized spacial score (nSPS) is 24.5. The van der Waals surface area contributed by atoms with Crippen molar-refractivity contribution in [2.45, 2.75) is 38.5 Å². The van der Waals surface area contributed by atoms with Crippen molar-refractivity contribution in [2.75, 3.05) is 26.3 Å². The van der Waals surface area contributed by atoms with Crippen molar-refractivity contribution >= 4 is 11.3 Å². The van der Waals surface area contributed by atoms with Gasteiger partial charge in [0, 0.05) is 42.2 Å². The van der Waals surface area contributed by atoms with Gasteiger partial charge in [-0.05, 0) is 25.5 Å². The van der Waals surface area contributed by atoms with Crippen LogP contribution in [-0.4, -0.2) is 37.0 Å². The molecule has 0 aromatic carbocycles. The SMILES string of the molecule is Cc1ccc(CN2CCC3(CC2)OCCCO3)s1. The fourth-order valence-electron chi connectivity index (χ4n) is 2.75. The quantitative estimate of drug-likeness (QED) is 0.822. The van der Waals surface area contributed by atoms with Crippen LogP contribution in [0.1, 0.15) is 29.0 Å². The van der Waals surface area contributed by atoms with Gasteiger partial charge < -0.3 is 9.47 Å². The third kappa shape index (κ3) is 2.77. The summed E-state index contributed by atoms with van der Waals surface area (Å²) >= 11 is 1.90. The number of thiophene rings is 1. The molecule has 100 valence electrons. The fraction of sp³-hybridized carbons (Fsp3) is 0.714. The molecule has 2 aliphatic rings. The zero-order valence-electron chi connectivity index (χ0n) is 11.0. The zero-order chi connectivity index (χ0) is 12.4. The molecular weight excluding hydrogens is 246 g/mol. The van der Waals surface area contributed by atoms with E-state index in [2.05, 4.69) is 24.0 Å². The minimum absolute atomic E-state index is 0.250. The molecular formula is C14H21NO2S. The molecule has 0 atom stereocenters. The third-order valence-electron chi connectivity index (χ3n) is 3.81. The lowest BCUT2D eigenvalue weighted by Gasteiger charge is -2.43. The van der Waals surface area contributed by atoms with E-state index in [-0.39, 0.29) is 5.79 Å². The molecule has 2 saturated heterocycles. The highest BCUT2D eigenvalue weighted by Crippen LogP contribution is 2.31. The summed E-state index contributed by atoms with van der Waals surface area (Å²) in [5.74, 6) is -0.250. The highest BCUT2D eigenvalue weighted by Gasteiger charge is 2.38. The molecule has 4 heteroatoms. The van der Waals surface area contributed by atoms with Crippen LogP contribution < -0.4 is 0 Å². The smallest absolute Gasteiger partial charge is 0.170 e. The largest absolute Gasteiger partial charge is 0.350 e. The Bertz CT molecular complexity index is 388. The van der Waals surface area contributed by atoms with E-state index in [0.29, 0.717) is 0 Å². The van der Waals surface area contributed by atoms with Gasteiger partial charge in [0.2, 0.25) is 0 Å². The number of hydrogen-bond donors (Lipinski definition) is 0. The maximum absolute atomic E-state index is 5.86. The van der Waals surface area contributed by atoms with Gasteiger partial charge in [-0.3, -0.25) is 4.90 Å². The second-order valence-corrected chi connectivity index (χ2v) is 6.62. The Morgan fingerprint density at radius 2 is 1.94 bits per heavy atom. The lowest BCUT2D eigenvalue weighted by atomic mass is 10.0. The van der Waals surface area contributed by atoms with Gasteiger partial charge in [0.1, 0.15) is 0 Å². The summed E-state index contributed by atoms with van der Waals surface area (Å²) in [4.78, 5) is 5.38. The van der Waals surface area contributed by atoms with E-state index in [1.807, 2.05) is 11.3 Å². The van der Waals surface area contributed by atoms with E-state index in [0.717, 1.165) is 52.1 Å². The van der Waals surface area contributed by atoms with Crippen LogP contribution in [0.3, 0.4) is 0 Å². The van der Waals surface area contributed by atoms with Crippen LogP contribution in [0.25, 0.3) is 0 Å². The van der Waals surface area contributed by atoms with E-state index in [1.54, 1.807) is 0 Å². The Morgan fingerprint density at radius 3 is 2.56 bits per heavy atom. The van der Waals surface area contributed by atoms with Crippen molar-refractivity contribution in [1.82, 2.24) is 4.90 Å². The van der Waals surface area contributed by atoms with Crippen LogP contribution in [-0.2, 0) is 16.0 Å². The molecule has 0 radical (unpaired) electrons. The molecule has 0 unspecified atom stereocenters. The predicted molar refractivity (Wildman–Crippen MR) is 72.8 cm³/mol. The fourth-order valence-corrected chi connectivity index (χ4v) is 3.68. The van der Waals surface area contributed by atoms with Crippen LogP contribution >= 0.6 is 11.3 Å². The molecule has 0 bridgehead atoms. The highest BCUT2D eigenvalue weighted by atomic mass is 32.1. The van der Waals surface area contributed by atoms with Gasteiger partial charge in [0.25, 0.3) is 0 Å². The number of likely N-dealkylation sites (tertiary alicyclic amines) is 1. The first-order valence-corrected chi connectivity index (χ1v) is 7.63. The maximum atomic E-state index is 5.86. The molecule has 3 heterocycles. The second-order valence-electron chi connectivity index (χ2n) is 5.25. The van der Waals surface area contributed by atoms with Crippen LogP contribution in [0.4, 0.5) is 0 Å². The number of nitrogens with zero attached hydrogens (tertiary/aromatic N) is 1. The molecule has 1 aromatic rings. The van der Waals surface area contributed by atoms with Crippen LogP contribution in [0.15, 0.2) is 12.1 Å². The molecule has 3 rings (SSSR count). The molecule has 1 aromatic heterocycles. The van der Waals surface area contributed by atoms with Crippen molar-refractivity contribution in [3.63, 3.8) is 0 Å². The molecule has 0 N–H and O–H groups in total. The van der Waals surface area contributed by atoms with Gasteiger partial charge in [-0.2, -0.15) is 0 Å². The summed E-state index contributed by atoms with van der Waals surface area (Å²) in [6, 6.07) is 4.46. The maximum Gasteiger partial charge on any atom is 0.170 e. The van der Waals surface area contributed by atoms with Crippen LogP contribution in [0, 0.1) is 6.92 Å². The first-order chi connectivity index (χ1) is 8.76. The van der Waals surface area contributed by atoms with E-state index >= 15 is 0 Å². The van der Waals surface area contributed by atoms with Gasteiger partial charge in [0.15, 0.2) is 5.79 Å². The number of hydrogen-bond acceptors (Lipinski definition) is 4. The van der Waals surface area contributed by atoms with Crippen molar-refractivity contribution < 1.29 is 9.47 Å². The molecule has 2 fully saturated rings. The van der Waals surface area contributed by atoms with Crippen molar-refractivity contribution in [1.29, 1.82) is 0 Å². The molecule has 0 amide bonds. The van der Waals surface area contributed by atoms with Crippen LogP contribution in [0.5, 0.6) is 0 Å². The third-order valence-corrected chi connectivity index (χ3v) is 4.80. The summed E-state index contributed by atoms with van der Waals surface area (Å²) in [5.41, 5.74) is 0. The summed E-state index contributed by atoms with van der Waals surface area (Å²) in [6.45, 7) is 7.14. The zero-order valence-corrected chi connectivity index (χ0v) is 11.8. The molecule has 1 spiro atoms. The predicted octanol–water partition coefficient (Wildman–Crippen LogP) is 2.79. The minimum Gasteiger partial charge on any atom is -0.350 e. The van der Waals surface area contributed by atoms with Crippen molar-refractivity contribution in [2.24, 2.45) is 0 Å². The van der Waals surface area contributed by atoms with E-state index < -0.39 is 0 Å². The molecule has 3 nitrogen and oxygen atoms in total. The average molecular weight is 267 g/mol. The number of aryl methyl sites for hydroxylation is 1. The van der Waals surface area contributed by atoms with Gasteiger partial charge >= 0.3 is 0 Å². The number of piperidine rings is 1. The minimum atomic E-state index is -0.250. The van der Waals surface area contributed by atoms with E-state index in [1.165, 1.54) is 9.75 Å². The van der Waals surface area contributed by atoms with Gasteiger partial charge in [-0.25, -0.2) is 0 Å². The summed E-state index contributed by atoms with van der Waals surface area (Å²) < 4.78 is 11.7. The standard InChI is InChI=1S/C14H21NO2S/c1-12-3-4-13(18-12)11-15-7-5-14(6-8-15)16-9-2-10-17-14/h3-4H,2,5-11H2,1H3. The molecule has 0 aliphatic carbocycles. The first-order valence-electron chi connectivity index (χ1n) is 6.81. The lowest BCUT2D eigenvalue weighted by Crippen LogP contribution is -2.49. The Balaban J connectivity index is 1.53. The Labute approximate surface area is 113 Å². The van der Waals surface area contributed by atoms with Crippen molar-refractivity contribution in [3.05, 3.63) is 21.9 Å².